The van der Waals surface area contributed by atoms with Crippen molar-refractivity contribution in [2.24, 2.45) is 0 Å². The molecule has 0 radical (unpaired) electrons. The summed E-state index contributed by atoms with van der Waals surface area (Å²) in [5.74, 6) is 0. The summed E-state index contributed by atoms with van der Waals surface area (Å²) >= 11 is 0. The molecule has 0 spiro atoms. The Morgan fingerprint density at radius 2 is 1.05 bits per heavy atom. The number of para-hydroxylation sites is 1. The number of rotatable bonds is 9. The lowest BCUT2D eigenvalue weighted by Crippen LogP contribution is -2.33. The lowest BCUT2D eigenvalue weighted by atomic mass is 10.3. The normalized spacial score (nSPS) is 11.2. The first-order chi connectivity index (χ1) is 17.7. The van der Waals surface area contributed by atoms with Crippen molar-refractivity contribution in [3.63, 3.8) is 0 Å². The minimum atomic E-state index is -1.83. The minimum Gasteiger partial charge on any atom is -0.282 e. The van der Waals surface area contributed by atoms with E-state index in [1.165, 1.54) is 15.9 Å². The Morgan fingerprint density at radius 3 is 1.51 bits per heavy atom. The van der Waals surface area contributed by atoms with E-state index < -0.39 is 7.26 Å². The summed E-state index contributed by atoms with van der Waals surface area (Å²) < 4.78 is 3.94. The van der Waals surface area contributed by atoms with Gasteiger partial charge in [0.25, 0.3) is 5.56 Å². The molecule has 5 aromatic rings. The zero-order valence-corrected chi connectivity index (χ0v) is 23.7. The Morgan fingerprint density at radius 1 is 0.622 bits per heavy atom. The van der Waals surface area contributed by atoms with Crippen LogP contribution in [0.25, 0.3) is 5.69 Å². The second kappa shape index (κ2) is 12.4. The maximum Gasteiger partial charge on any atom is 0.271 e. The number of hydrogen-bond acceptors (Lipinski definition) is 1. The van der Waals surface area contributed by atoms with Crippen LogP contribution < -0.4 is 21.5 Å². The number of aryl methyl sites for hydroxylation is 1. The van der Waals surface area contributed by atoms with Crippen molar-refractivity contribution in [3.05, 3.63) is 143 Å². The predicted octanol–water partition coefficient (Wildman–Crippen LogP) is 6.30. The van der Waals surface area contributed by atoms with E-state index in [9.17, 15) is 4.79 Å². The van der Waals surface area contributed by atoms with E-state index in [0.29, 0.717) is 0 Å². The molecule has 3 nitrogen and oxygen atoms in total. The molecule has 0 fully saturated rings. The molecule has 37 heavy (non-hydrogen) atoms. The second-order valence-electron chi connectivity index (χ2n) is 9.14. The molecule has 5 heteroatoms. The molecule has 0 N–H and O–H groups in total. The quantitative estimate of drug-likeness (QED) is 0.151. The molecule has 5 rings (SSSR count). The van der Waals surface area contributed by atoms with Crippen LogP contribution in [0.1, 0.15) is 18.5 Å². The average molecular weight is 573 g/mol. The van der Waals surface area contributed by atoms with Gasteiger partial charge in [-0.25, -0.2) is 4.68 Å². The topological polar surface area (TPSA) is 26.9 Å². The maximum atomic E-state index is 12.8. The van der Waals surface area contributed by atoms with Crippen LogP contribution in [-0.2, 0) is 6.54 Å². The van der Waals surface area contributed by atoms with Crippen LogP contribution in [0.5, 0.6) is 0 Å². The molecule has 0 unspecified atom stereocenters. The lowest BCUT2D eigenvalue weighted by molar-refractivity contribution is 0.506. The van der Waals surface area contributed by atoms with Crippen molar-refractivity contribution in [2.75, 3.05) is 6.16 Å². The van der Waals surface area contributed by atoms with Gasteiger partial charge in [-0.3, -0.25) is 9.48 Å². The van der Waals surface area contributed by atoms with Crippen LogP contribution in [0.2, 0.25) is 0 Å². The number of aromatic nitrogens is 2. The summed E-state index contributed by atoms with van der Waals surface area (Å²) in [7, 11) is -1.83. The number of unbranched alkanes of at least 4 members (excludes halogenated alkanes) is 1. The molecule has 0 amide bonds. The predicted molar refractivity (Wildman–Crippen MR) is 164 cm³/mol. The van der Waals surface area contributed by atoms with E-state index in [0.717, 1.165) is 36.9 Å². The molecule has 0 aliphatic carbocycles. The zero-order valence-electron chi connectivity index (χ0n) is 21.1. The Balaban J connectivity index is 0.00000320. The second-order valence-corrected chi connectivity index (χ2v) is 12.8. The summed E-state index contributed by atoms with van der Waals surface area (Å²) in [6, 6.07) is 44.8. The van der Waals surface area contributed by atoms with Crippen molar-refractivity contribution in [3.8, 4) is 5.69 Å². The third-order valence-electron chi connectivity index (χ3n) is 6.89. The molecule has 0 saturated carbocycles. The molecule has 188 valence electrons. The Kier molecular flexibility index (Phi) is 8.97. The van der Waals surface area contributed by atoms with E-state index in [-0.39, 0.29) is 22.5 Å². The molecule has 0 atom stereocenters. The summed E-state index contributed by atoms with van der Waals surface area (Å²) in [5.41, 5.74) is 1.94. The molecule has 1 aromatic heterocycles. The zero-order chi connectivity index (χ0) is 24.8. The lowest BCUT2D eigenvalue weighted by Gasteiger charge is -2.28. The van der Waals surface area contributed by atoms with Crippen LogP contribution >= 0.6 is 24.2 Å². The fraction of sp³-hybridized carbons (Fsp3) is 0.156. The van der Waals surface area contributed by atoms with Gasteiger partial charge in [0.15, 0.2) is 0 Å². The van der Waals surface area contributed by atoms with Crippen LogP contribution in [0, 0.1) is 6.92 Å². The van der Waals surface area contributed by atoms with E-state index in [1.807, 2.05) is 41.9 Å². The molecule has 0 bridgehead atoms. The van der Waals surface area contributed by atoms with Gasteiger partial charge in [0.2, 0.25) is 0 Å². The molecule has 1 heterocycles. The van der Waals surface area contributed by atoms with Crippen LogP contribution in [0.3, 0.4) is 0 Å². The van der Waals surface area contributed by atoms with E-state index in [2.05, 4.69) is 95.7 Å². The van der Waals surface area contributed by atoms with Gasteiger partial charge in [-0.2, -0.15) is 0 Å². The van der Waals surface area contributed by atoms with Crippen LogP contribution in [-0.4, -0.2) is 15.5 Å². The number of nitrogens with zero attached hydrogens (tertiary/aromatic N) is 2. The van der Waals surface area contributed by atoms with Gasteiger partial charge >= 0.3 is 0 Å². The highest BCUT2D eigenvalue weighted by atomic mass is 79.9. The fourth-order valence-electron chi connectivity index (χ4n) is 5.20. The summed E-state index contributed by atoms with van der Waals surface area (Å²) in [6.07, 6.45) is 3.14. The molecule has 4 aromatic carbocycles. The monoisotopic (exact) mass is 571 g/mol. The first-order valence-electron chi connectivity index (χ1n) is 12.6. The van der Waals surface area contributed by atoms with Gasteiger partial charge in [0.05, 0.1) is 11.8 Å². The van der Waals surface area contributed by atoms with Crippen molar-refractivity contribution in [2.45, 2.75) is 26.3 Å². The SMILES string of the molecule is Br.Cc1cc(=O)n(-c2ccccc2)n1CCCC[P+](c1ccccc1)(c1ccccc1)c1ccccc1. The Labute approximate surface area is 230 Å². The van der Waals surface area contributed by atoms with Gasteiger partial charge in [0, 0.05) is 18.3 Å². The highest BCUT2D eigenvalue weighted by Gasteiger charge is 2.44. The number of hydrogen-bond donors (Lipinski definition) is 0. The van der Waals surface area contributed by atoms with Gasteiger partial charge in [-0.05, 0) is 68.3 Å². The van der Waals surface area contributed by atoms with Crippen molar-refractivity contribution >= 4 is 40.2 Å². The van der Waals surface area contributed by atoms with Crippen LogP contribution in [0.15, 0.2) is 132 Å². The fourth-order valence-corrected chi connectivity index (χ4v) is 9.61. The first-order valence-corrected chi connectivity index (χ1v) is 14.6. The molecule has 0 aliphatic rings. The maximum absolute atomic E-state index is 12.8. The van der Waals surface area contributed by atoms with Gasteiger partial charge in [-0.1, -0.05) is 72.8 Å². The molecule has 0 saturated heterocycles. The van der Waals surface area contributed by atoms with Crippen LogP contribution in [0.4, 0.5) is 0 Å². The van der Waals surface area contributed by atoms with E-state index >= 15 is 0 Å². The van der Waals surface area contributed by atoms with Gasteiger partial charge in [0.1, 0.15) is 23.2 Å². The molecule has 0 aliphatic heterocycles. The third-order valence-corrected chi connectivity index (χ3v) is 11.4. The summed E-state index contributed by atoms with van der Waals surface area (Å²) in [6.45, 7) is 2.83. The van der Waals surface area contributed by atoms with Crippen molar-refractivity contribution in [1.29, 1.82) is 0 Å². The number of halogens is 1. The van der Waals surface area contributed by atoms with E-state index in [4.69, 9.17) is 0 Å². The van der Waals surface area contributed by atoms with Gasteiger partial charge in [-0.15, -0.1) is 17.0 Å². The van der Waals surface area contributed by atoms with E-state index in [1.54, 1.807) is 6.07 Å². The van der Waals surface area contributed by atoms with Crippen molar-refractivity contribution in [1.82, 2.24) is 9.36 Å². The highest BCUT2D eigenvalue weighted by molar-refractivity contribution is 8.93. The van der Waals surface area contributed by atoms with Gasteiger partial charge < -0.3 is 0 Å². The smallest absolute Gasteiger partial charge is 0.271 e. The molecular weight excluding hydrogens is 539 g/mol. The summed E-state index contributed by atoms with van der Waals surface area (Å²) in [5, 5.41) is 4.25. The number of benzene rings is 4. The Bertz CT molecular complexity index is 1350. The standard InChI is InChI=1S/C32H32N2OP.BrH/c1-27-26-32(35)34(28-16-6-2-7-17-28)33(27)24-14-15-25-36(29-18-8-3-9-19-29,30-20-10-4-11-21-30)31-22-12-5-13-23-31;/h2-13,16-23,26H,14-15,24-25H2,1H3;1H/q+1;. The minimum absolute atomic E-state index is 0. The van der Waals surface area contributed by atoms with Crippen molar-refractivity contribution < 1.29 is 0 Å². The Hall–Kier alpha value is -3.20. The average Bonchev–Trinajstić information content (AvgIpc) is 3.23. The highest BCUT2D eigenvalue weighted by Crippen LogP contribution is 2.55. The third kappa shape index (κ3) is 5.56. The summed E-state index contributed by atoms with van der Waals surface area (Å²) in [4.78, 5) is 12.8. The first kappa shape index (κ1) is 26.9. The largest absolute Gasteiger partial charge is 0.282 e. The molecular formula is C32H33BrN2OP+.